The first-order chi connectivity index (χ1) is 9.04. The van der Waals surface area contributed by atoms with Gasteiger partial charge in [-0.2, -0.15) is 0 Å². The average Bonchev–Trinajstić information content (AvgIpc) is 2.78. The van der Waals surface area contributed by atoms with Gasteiger partial charge in [-0.3, -0.25) is 0 Å². The second-order valence-electron chi connectivity index (χ2n) is 3.76. The van der Waals surface area contributed by atoms with E-state index in [0.717, 1.165) is 9.35 Å². The molecule has 0 spiro atoms. The Kier molecular flexibility index (Phi) is 3.59. The lowest BCUT2D eigenvalue weighted by Gasteiger charge is -2.04. The molecule has 1 aromatic carbocycles. The second kappa shape index (κ2) is 5.09. The number of benzene rings is 1. The summed E-state index contributed by atoms with van der Waals surface area (Å²) in [4.78, 5) is 8.60. The molecule has 0 bridgehead atoms. The van der Waals surface area contributed by atoms with Gasteiger partial charge in [0, 0.05) is 22.4 Å². The predicted octanol–water partition coefficient (Wildman–Crippen LogP) is 5.68. The summed E-state index contributed by atoms with van der Waals surface area (Å²) < 4.78 is 14.9. The van der Waals surface area contributed by atoms with Crippen LogP contribution in [-0.4, -0.2) is 9.97 Å². The molecule has 7 heteroatoms. The molecular formula is C12H4Br2ClFN2S. The number of halogens is 4. The lowest BCUT2D eigenvalue weighted by Crippen LogP contribution is -1.92. The summed E-state index contributed by atoms with van der Waals surface area (Å²) in [5.41, 5.74) is 1.34. The normalized spacial score (nSPS) is 11.2. The fourth-order valence-corrected chi connectivity index (χ4v) is 3.35. The molecule has 2 aromatic heterocycles. The van der Waals surface area contributed by atoms with Crippen molar-refractivity contribution in [2.75, 3.05) is 0 Å². The van der Waals surface area contributed by atoms with Crippen LogP contribution in [0.3, 0.4) is 0 Å². The molecule has 0 aliphatic rings. The van der Waals surface area contributed by atoms with Crippen LogP contribution in [0.15, 0.2) is 31.8 Å². The highest BCUT2D eigenvalue weighted by molar-refractivity contribution is 9.11. The van der Waals surface area contributed by atoms with Crippen molar-refractivity contribution in [1.29, 1.82) is 0 Å². The number of hydrogen-bond donors (Lipinski definition) is 0. The molecule has 0 unspecified atom stereocenters. The van der Waals surface area contributed by atoms with Crippen LogP contribution in [0.5, 0.6) is 0 Å². The highest BCUT2D eigenvalue weighted by Gasteiger charge is 2.12. The van der Waals surface area contributed by atoms with Gasteiger partial charge in [0.25, 0.3) is 0 Å². The molecule has 3 aromatic rings. The minimum absolute atomic E-state index is 0.308. The van der Waals surface area contributed by atoms with Crippen molar-refractivity contribution in [2.45, 2.75) is 0 Å². The summed E-state index contributed by atoms with van der Waals surface area (Å²) in [6.45, 7) is 0. The first-order valence-electron chi connectivity index (χ1n) is 5.11. The Hall–Kier alpha value is -0.560. The van der Waals surface area contributed by atoms with Crippen LogP contribution in [0.2, 0.25) is 5.15 Å². The molecule has 0 atom stereocenters. The van der Waals surface area contributed by atoms with E-state index < -0.39 is 0 Å². The third-order valence-electron chi connectivity index (χ3n) is 2.52. The number of hydrogen-bond acceptors (Lipinski definition) is 3. The van der Waals surface area contributed by atoms with Crippen molar-refractivity contribution < 1.29 is 4.39 Å². The van der Waals surface area contributed by atoms with Gasteiger partial charge in [-0.25, -0.2) is 14.4 Å². The Morgan fingerprint density at radius 1 is 1.16 bits per heavy atom. The molecule has 0 N–H and O–H groups in total. The number of nitrogens with zero attached hydrogens (tertiary/aromatic N) is 2. The molecule has 96 valence electrons. The number of rotatable bonds is 1. The van der Waals surface area contributed by atoms with E-state index in [-0.39, 0.29) is 5.82 Å². The van der Waals surface area contributed by atoms with Crippen molar-refractivity contribution >= 4 is 65.7 Å². The molecule has 0 amide bonds. The second-order valence-corrected chi connectivity index (χ2v) is 7.26. The Balaban J connectivity index is 2.27. The number of thiophene rings is 1. The maximum atomic E-state index is 13.6. The monoisotopic (exact) mass is 420 g/mol. The van der Waals surface area contributed by atoms with Gasteiger partial charge in [0.2, 0.25) is 0 Å². The zero-order chi connectivity index (χ0) is 13.6. The zero-order valence-corrected chi connectivity index (χ0v) is 13.9. The highest BCUT2D eigenvalue weighted by Crippen LogP contribution is 2.31. The van der Waals surface area contributed by atoms with Gasteiger partial charge in [0.15, 0.2) is 5.82 Å². The quantitative estimate of drug-likeness (QED) is 0.472. The predicted molar refractivity (Wildman–Crippen MR) is 83.2 cm³/mol. The molecule has 2 heterocycles. The van der Waals surface area contributed by atoms with Gasteiger partial charge >= 0.3 is 0 Å². The van der Waals surface area contributed by atoms with E-state index in [2.05, 4.69) is 41.8 Å². The Labute approximate surface area is 133 Å². The van der Waals surface area contributed by atoms with Crippen molar-refractivity contribution in [3.05, 3.63) is 42.8 Å². The van der Waals surface area contributed by atoms with E-state index in [1.165, 1.54) is 17.4 Å². The van der Waals surface area contributed by atoms with Gasteiger partial charge in [-0.1, -0.05) is 11.6 Å². The lowest BCUT2D eigenvalue weighted by atomic mass is 10.2. The summed E-state index contributed by atoms with van der Waals surface area (Å²) in [6, 6.07) is 4.83. The van der Waals surface area contributed by atoms with Crippen LogP contribution in [0, 0.1) is 5.82 Å². The maximum Gasteiger partial charge on any atom is 0.162 e. The molecule has 0 radical (unpaired) electrons. The molecule has 0 fully saturated rings. The summed E-state index contributed by atoms with van der Waals surface area (Å²) in [5.74, 6) is 0.112. The topological polar surface area (TPSA) is 25.8 Å². The highest BCUT2D eigenvalue weighted by atomic mass is 79.9. The smallest absolute Gasteiger partial charge is 0.162 e. The summed E-state index contributed by atoms with van der Waals surface area (Å²) in [7, 11) is 0. The number of aromatic nitrogens is 2. The van der Waals surface area contributed by atoms with Gasteiger partial charge in [0.05, 0.1) is 13.8 Å². The van der Waals surface area contributed by atoms with Gasteiger partial charge in [-0.05, 0) is 44.0 Å². The summed E-state index contributed by atoms with van der Waals surface area (Å²) >= 11 is 14.2. The molecule has 0 saturated heterocycles. The zero-order valence-electron chi connectivity index (χ0n) is 9.12. The molecule has 19 heavy (non-hydrogen) atoms. The van der Waals surface area contributed by atoms with Gasteiger partial charge < -0.3 is 0 Å². The minimum Gasteiger partial charge on any atom is -0.228 e. The molecular weight excluding hydrogens is 418 g/mol. The molecule has 3 rings (SSSR count). The van der Waals surface area contributed by atoms with Crippen molar-refractivity contribution in [2.24, 2.45) is 0 Å². The van der Waals surface area contributed by atoms with Crippen molar-refractivity contribution in [1.82, 2.24) is 9.97 Å². The average molecular weight is 423 g/mol. The first kappa shape index (κ1) is 13.4. The number of fused-ring (bicyclic) bond motifs is 1. The summed E-state index contributed by atoms with van der Waals surface area (Å²) in [5, 5.41) is 2.84. The fourth-order valence-electron chi connectivity index (χ4n) is 1.64. The minimum atomic E-state index is -0.375. The van der Waals surface area contributed by atoms with Gasteiger partial charge in [-0.15, -0.1) is 11.3 Å². The van der Waals surface area contributed by atoms with E-state index >= 15 is 0 Å². The molecule has 0 saturated carbocycles. The van der Waals surface area contributed by atoms with Crippen LogP contribution in [0.25, 0.3) is 22.3 Å². The fraction of sp³-hybridized carbons (Fsp3) is 0. The maximum absolute atomic E-state index is 13.6. The molecule has 2 nitrogen and oxygen atoms in total. The van der Waals surface area contributed by atoms with Crippen LogP contribution < -0.4 is 0 Å². The van der Waals surface area contributed by atoms with Crippen molar-refractivity contribution in [3.8, 4) is 11.4 Å². The van der Waals surface area contributed by atoms with Gasteiger partial charge in [0.1, 0.15) is 11.0 Å². The standard InChI is InChI=1S/C12H4Br2ClFN2S/c13-7-2-6-9(3-8(7)16)17-12(18-11(6)15)5-1-10(14)19-4-5/h1-4H. The molecule has 0 aliphatic heterocycles. The van der Waals surface area contributed by atoms with E-state index in [0.29, 0.717) is 26.4 Å². The SMILES string of the molecule is Fc1cc2nc(-c3csc(Br)c3)nc(Cl)c2cc1Br. The largest absolute Gasteiger partial charge is 0.228 e. The van der Waals surface area contributed by atoms with Crippen LogP contribution in [0.1, 0.15) is 0 Å². The molecule has 0 aliphatic carbocycles. The van der Waals surface area contributed by atoms with E-state index in [1.807, 2.05) is 11.4 Å². The lowest BCUT2D eigenvalue weighted by molar-refractivity contribution is 0.623. The summed E-state index contributed by atoms with van der Waals surface area (Å²) in [6.07, 6.45) is 0. The van der Waals surface area contributed by atoms with E-state index in [4.69, 9.17) is 11.6 Å². The van der Waals surface area contributed by atoms with Crippen molar-refractivity contribution in [3.63, 3.8) is 0 Å². The third kappa shape index (κ3) is 2.54. The first-order valence-corrected chi connectivity index (χ1v) is 7.95. The van der Waals surface area contributed by atoms with E-state index in [1.54, 1.807) is 6.07 Å². The van der Waals surface area contributed by atoms with Crippen LogP contribution >= 0.6 is 54.8 Å². The third-order valence-corrected chi connectivity index (χ3v) is 4.92. The Morgan fingerprint density at radius 2 is 1.95 bits per heavy atom. The Morgan fingerprint density at radius 3 is 2.63 bits per heavy atom. The van der Waals surface area contributed by atoms with Crippen LogP contribution in [-0.2, 0) is 0 Å². The van der Waals surface area contributed by atoms with E-state index in [9.17, 15) is 4.39 Å². The Bertz CT molecular complexity index is 791. The van der Waals surface area contributed by atoms with Crippen LogP contribution in [0.4, 0.5) is 4.39 Å².